The summed E-state index contributed by atoms with van der Waals surface area (Å²) in [7, 11) is 0. The molecule has 0 fully saturated rings. The van der Waals surface area contributed by atoms with Crippen LogP contribution in [0.5, 0.6) is 5.75 Å². The van der Waals surface area contributed by atoms with Crippen molar-refractivity contribution in [3.05, 3.63) is 60.2 Å². The fourth-order valence-corrected chi connectivity index (χ4v) is 2.45. The van der Waals surface area contributed by atoms with E-state index in [-0.39, 0.29) is 37.5 Å². The quantitative estimate of drug-likeness (QED) is 0.649. The third-order valence-corrected chi connectivity index (χ3v) is 3.68. The summed E-state index contributed by atoms with van der Waals surface area (Å²) >= 11 is 0. The molecule has 1 unspecified atom stereocenters. The molecule has 0 spiro atoms. The maximum atomic E-state index is 12.2. The number of hydrogen-bond donors (Lipinski definition) is 2. The van der Waals surface area contributed by atoms with Crippen LogP contribution < -0.4 is 15.4 Å². The molecule has 0 aliphatic carbocycles. The van der Waals surface area contributed by atoms with Crippen LogP contribution in [-0.4, -0.2) is 37.0 Å². The van der Waals surface area contributed by atoms with Crippen LogP contribution in [0, 0.1) is 0 Å². The SMILES string of the molecule is CCOC(=O)COc1cccc(NC(=O)CC(C)NC(=O)c2ccccc2)c1. The lowest BCUT2D eigenvalue weighted by atomic mass is 10.1. The van der Waals surface area contributed by atoms with Gasteiger partial charge in [-0.25, -0.2) is 4.79 Å². The number of esters is 1. The van der Waals surface area contributed by atoms with Crippen LogP contribution in [-0.2, 0) is 14.3 Å². The topological polar surface area (TPSA) is 93.7 Å². The maximum Gasteiger partial charge on any atom is 0.344 e. The van der Waals surface area contributed by atoms with Crippen molar-refractivity contribution in [2.24, 2.45) is 0 Å². The van der Waals surface area contributed by atoms with Gasteiger partial charge >= 0.3 is 5.97 Å². The van der Waals surface area contributed by atoms with E-state index in [1.54, 1.807) is 62.4 Å². The van der Waals surface area contributed by atoms with Crippen LogP contribution in [0.3, 0.4) is 0 Å². The van der Waals surface area contributed by atoms with Gasteiger partial charge in [-0.05, 0) is 38.1 Å². The molecule has 0 bridgehead atoms. The van der Waals surface area contributed by atoms with Gasteiger partial charge in [0.05, 0.1) is 6.61 Å². The van der Waals surface area contributed by atoms with E-state index in [2.05, 4.69) is 10.6 Å². The van der Waals surface area contributed by atoms with Crippen LogP contribution in [0.1, 0.15) is 30.6 Å². The largest absolute Gasteiger partial charge is 0.482 e. The second kappa shape index (κ2) is 10.7. The van der Waals surface area contributed by atoms with E-state index in [4.69, 9.17) is 9.47 Å². The molecular formula is C21H24N2O5. The smallest absolute Gasteiger partial charge is 0.344 e. The summed E-state index contributed by atoms with van der Waals surface area (Å²) in [4.78, 5) is 35.7. The van der Waals surface area contributed by atoms with Crippen LogP contribution in [0.4, 0.5) is 5.69 Å². The molecule has 0 radical (unpaired) electrons. The highest BCUT2D eigenvalue weighted by molar-refractivity contribution is 5.95. The van der Waals surface area contributed by atoms with Gasteiger partial charge in [-0.15, -0.1) is 0 Å². The number of benzene rings is 2. The summed E-state index contributed by atoms with van der Waals surface area (Å²) < 4.78 is 10.1. The normalized spacial score (nSPS) is 11.2. The minimum absolute atomic E-state index is 0.118. The van der Waals surface area contributed by atoms with Crippen LogP contribution in [0.2, 0.25) is 0 Å². The van der Waals surface area contributed by atoms with E-state index in [1.807, 2.05) is 6.07 Å². The number of hydrogen-bond acceptors (Lipinski definition) is 5. The van der Waals surface area contributed by atoms with Gasteiger partial charge in [0.2, 0.25) is 5.91 Å². The Labute approximate surface area is 164 Å². The van der Waals surface area contributed by atoms with Crippen LogP contribution in [0.25, 0.3) is 0 Å². The number of carbonyl (C=O) groups is 3. The number of ether oxygens (including phenoxy) is 2. The molecule has 148 valence electrons. The first kappa shape index (κ1) is 21.0. The number of nitrogens with one attached hydrogen (secondary N) is 2. The van der Waals surface area contributed by atoms with Crippen molar-refractivity contribution < 1.29 is 23.9 Å². The van der Waals surface area contributed by atoms with Crippen molar-refractivity contribution in [2.75, 3.05) is 18.5 Å². The molecule has 0 aliphatic rings. The summed E-state index contributed by atoms with van der Waals surface area (Å²) in [5, 5.41) is 5.55. The van der Waals surface area contributed by atoms with Crippen molar-refractivity contribution in [3.63, 3.8) is 0 Å². The predicted molar refractivity (Wildman–Crippen MR) is 105 cm³/mol. The standard InChI is InChI=1S/C21H24N2O5/c1-3-27-20(25)14-28-18-11-7-10-17(13-18)23-19(24)12-15(2)22-21(26)16-8-5-4-6-9-16/h4-11,13,15H,3,12,14H2,1-2H3,(H,22,26)(H,23,24). The molecule has 0 heterocycles. The Morgan fingerprint density at radius 3 is 2.50 bits per heavy atom. The first-order chi connectivity index (χ1) is 13.5. The monoisotopic (exact) mass is 384 g/mol. The minimum Gasteiger partial charge on any atom is -0.482 e. The average molecular weight is 384 g/mol. The van der Waals surface area contributed by atoms with Crippen molar-refractivity contribution >= 4 is 23.5 Å². The zero-order valence-corrected chi connectivity index (χ0v) is 15.9. The lowest BCUT2D eigenvalue weighted by molar-refractivity contribution is -0.145. The molecule has 0 saturated heterocycles. The molecule has 2 aromatic carbocycles. The molecule has 2 N–H and O–H groups in total. The first-order valence-corrected chi connectivity index (χ1v) is 9.02. The second-order valence-corrected chi connectivity index (χ2v) is 6.11. The number of anilines is 1. The number of carbonyl (C=O) groups excluding carboxylic acids is 3. The fourth-order valence-electron chi connectivity index (χ4n) is 2.45. The molecule has 7 nitrogen and oxygen atoms in total. The molecule has 2 aromatic rings. The fraction of sp³-hybridized carbons (Fsp3) is 0.286. The van der Waals surface area contributed by atoms with Gasteiger partial charge in [0.25, 0.3) is 5.91 Å². The Morgan fingerprint density at radius 2 is 1.79 bits per heavy atom. The van der Waals surface area contributed by atoms with Crippen molar-refractivity contribution in [1.29, 1.82) is 0 Å². The van der Waals surface area contributed by atoms with Gasteiger partial charge < -0.3 is 20.1 Å². The first-order valence-electron chi connectivity index (χ1n) is 9.02. The van der Waals surface area contributed by atoms with Crippen molar-refractivity contribution in [3.8, 4) is 5.75 Å². The molecule has 2 rings (SSSR count). The Kier molecular flexibility index (Phi) is 8.02. The highest BCUT2D eigenvalue weighted by Crippen LogP contribution is 2.17. The molecule has 7 heteroatoms. The van der Waals surface area contributed by atoms with E-state index >= 15 is 0 Å². The molecular weight excluding hydrogens is 360 g/mol. The van der Waals surface area contributed by atoms with Gasteiger partial charge in [0, 0.05) is 29.8 Å². The molecule has 2 amide bonds. The van der Waals surface area contributed by atoms with Crippen molar-refractivity contribution in [1.82, 2.24) is 5.32 Å². The number of amides is 2. The van der Waals surface area contributed by atoms with E-state index in [9.17, 15) is 14.4 Å². The van der Waals surface area contributed by atoms with E-state index in [1.165, 1.54) is 0 Å². The van der Waals surface area contributed by atoms with Gasteiger partial charge in [0.1, 0.15) is 5.75 Å². The third kappa shape index (κ3) is 7.11. The highest BCUT2D eigenvalue weighted by atomic mass is 16.6. The van der Waals surface area contributed by atoms with Gasteiger partial charge in [-0.1, -0.05) is 24.3 Å². The minimum atomic E-state index is -0.458. The van der Waals surface area contributed by atoms with Crippen LogP contribution in [0.15, 0.2) is 54.6 Å². The molecule has 0 aliphatic heterocycles. The van der Waals surface area contributed by atoms with Gasteiger partial charge in [-0.2, -0.15) is 0 Å². The lowest BCUT2D eigenvalue weighted by Crippen LogP contribution is -2.35. The summed E-state index contributed by atoms with van der Waals surface area (Å²) in [5.41, 5.74) is 1.08. The van der Waals surface area contributed by atoms with Gasteiger partial charge in [0.15, 0.2) is 6.61 Å². The Hall–Kier alpha value is -3.35. The van der Waals surface area contributed by atoms with E-state index in [0.29, 0.717) is 17.0 Å². The zero-order chi connectivity index (χ0) is 20.4. The second-order valence-electron chi connectivity index (χ2n) is 6.11. The summed E-state index contributed by atoms with van der Waals surface area (Å²) in [6.45, 7) is 3.57. The Morgan fingerprint density at radius 1 is 1.04 bits per heavy atom. The summed E-state index contributed by atoms with van der Waals surface area (Å²) in [6, 6.07) is 15.2. The molecule has 0 aromatic heterocycles. The molecule has 1 atom stereocenters. The van der Waals surface area contributed by atoms with E-state index in [0.717, 1.165) is 0 Å². The van der Waals surface area contributed by atoms with Crippen molar-refractivity contribution in [2.45, 2.75) is 26.3 Å². The van der Waals surface area contributed by atoms with Gasteiger partial charge in [-0.3, -0.25) is 9.59 Å². The average Bonchev–Trinajstić information content (AvgIpc) is 2.67. The summed E-state index contributed by atoms with van der Waals surface area (Å²) in [6.07, 6.45) is 0.118. The zero-order valence-electron chi connectivity index (χ0n) is 15.9. The van der Waals surface area contributed by atoms with Crippen LogP contribution >= 0.6 is 0 Å². The molecule has 0 saturated carbocycles. The van der Waals surface area contributed by atoms with E-state index < -0.39 is 5.97 Å². The predicted octanol–water partition coefficient (Wildman–Crippen LogP) is 2.78. The Balaban J connectivity index is 1.82. The molecule has 28 heavy (non-hydrogen) atoms. The Bertz CT molecular complexity index is 807. The lowest BCUT2D eigenvalue weighted by Gasteiger charge is -2.14. The third-order valence-electron chi connectivity index (χ3n) is 3.68. The maximum absolute atomic E-state index is 12.2. The summed E-state index contributed by atoms with van der Waals surface area (Å²) in [5.74, 6) is -0.491. The highest BCUT2D eigenvalue weighted by Gasteiger charge is 2.13. The number of rotatable bonds is 9.